The summed E-state index contributed by atoms with van der Waals surface area (Å²) in [6.07, 6.45) is -4.63. The molecule has 0 radical (unpaired) electrons. The van der Waals surface area contributed by atoms with Crippen LogP contribution in [0.3, 0.4) is 0 Å². The highest BCUT2D eigenvalue weighted by atomic mass is 16.4. The SMILES string of the molecule is C[C@H](N)C(=O)O.O=C[C@H](O)[C@@H](O)[C@H](O)CO. The van der Waals surface area contributed by atoms with Crippen molar-refractivity contribution in [2.45, 2.75) is 31.3 Å². The van der Waals surface area contributed by atoms with Crippen LogP contribution in [0.15, 0.2) is 0 Å². The van der Waals surface area contributed by atoms with E-state index in [9.17, 15) is 9.59 Å². The van der Waals surface area contributed by atoms with E-state index in [2.05, 4.69) is 0 Å². The standard InChI is InChI=1S/C5H10O5.C3H7NO2/c6-1-3(8)5(10)4(9)2-7;1-2(4)3(5)6/h1,3-5,7-10H,2H2;2H,4H2,1H3,(H,5,6)/t3-,4+,5+;2-/m00/s1. The number of carboxylic acid groups (broad SMARTS) is 1. The van der Waals surface area contributed by atoms with Crippen LogP contribution < -0.4 is 5.73 Å². The lowest BCUT2D eigenvalue weighted by Gasteiger charge is -2.16. The molecule has 0 heterocycles. The third-order valence-electron chi connectivity index (χ3n) is 1.46. The van der Waals surface area contributed by atoms with Crippen molar-refractivity contribution in [1.82, 2.24) is 0 Å². The second kappa shape index (κ2) is 9.19. The van der Waals surface area contributed by atoms with Gasteiger partial charge in [0.2, 0.25) is 0 Å². The summed E-state index contributed by atoms with van der Waals surface area (Å²) in [5, 5.41) is 41.9. The largest absolute Gasteiger partial charge is 0.480 e. The predicted octanol–water partition coefficient (Wildman–Crippen LogP) is -3.32. The number of carboxylic acids is 1. The summed E-state index contributed by atoms with van der Waals surface area (Å²) in [4.78, 5) is 19.3. The Morgan fingerprint density at radius 1 is 1.38 bits per heavy atom. The first kappa shape index (κ1) is 17.3. The molecule has 0 aliphatic carbocycles. The van der Waals surface area contributed by atoms with Crippen molar-refractivity contribution >= 4 is 12.3 Å². The van der Waals surface area contributed by atoms with Crippen molar-refractivity contribution in [1.29, 1.82) is 0 Å². The molecule has 7 N–H and O–H groups in total. The Morgan fingerprint density at radius 2 is 1.75 bits per heavy atom. The van der Waals surface area contributed by atoms with E-state index < -0.39 is 36.9 Å². The van der Waals surface area contributed by atoms with Crippen molar-refractivity contribution in [2.24, 2.45) is 5.73 Å². The van der Waals surface area contributed by atoms with Gasteiger partial charge in [-0.1, -0.05) is 0 Å². The van der Waals surface area contributed by atoms with E-state index in [-0.39, 0.29) is 6.29 Å². The Morgan fingerprint density at radius 3 is 1.94 bits per heavy atom. The number of aldehydes is 1. The molecular formula is C8H17NO7. The average molecular weight is 239 g/mol. The van der Waals surface area contributed by atoms with Gasteiger partial charge in [-0.05, 0) is 6.92 Å². The van der Waals surface area contributed by atoms with Crippen LogP contribution in [0.1, 0.15) is 6.92 Å². The van der Waals surface area contributed by atoms with Crippen LogP contribution in [0.2, 0.25) is 0 Å². The Kier molecular flexibility index (Phi) is 9.96. The summed E-state index contributed by atoms with van der Waals surface area (Å²) >= 11 is 0. The van der Waals surface area contributed by atoms with Crippen LogP contribution in [0.25, 0.3) is 0 Å². The summed E-state index contributed by atoms with van der Waals surface area (Å²) in [7, 11) is 0. The quantitative estimate of drug-likeness (QED) is 0.271. The van der Waals surface area contributed by atoms with Gasteiger partial charge in [-0.2, -0.15) is 0 Å². The number of hydrogen-bond donors (Lipinski definition) is 6. The fourth-order valence-electron chi connectivity index (χ4n) is 0.416. The van der Waals surface area contributed by atoms with Gasteiger partial charge < -0.3 is 36.1 Å². The number of aliphatic hydroxyl groups is 4. The molecule has 0 aliphatic rings. The smallest absolute Gasteiger partial charge is 0.320 e. The molecule has 0 spiro atoms. The van der Waals surface area contributed by atoms with Gasteiger partial charge in [0.15, 0.2) is 6.29 Å². The molecule has 0 saturated heterocycles. The average Bonchev–Trinajstić information content (AvgIpc) is 2.26. The first-order valence-electron chi connectivity index (χ1n) is 4.36. The molecule has 0 aliphatic heterocycles. The van der Waals surface area contributed by atoms with Crippen molar-refractivity contribution in [2.75, 3.05) is 6.61 Å². The number of aliphatic hydroxyl groups excluding tert-OH is 4. The number of carbonyl (C=O) groups excluding carboxylic acids is 1. The van der Waals surface area contributed by atoms with Gasteiger partial charge in [-0.25, -0.2) is 0 Å². The minimum atomic E-state index is -1.64. The summed E-state index contributed by atoms with van der Waals surface area (Å²) in [5.41, 5.74) is 4.84. The van der Waals surface area contributed by atoms with Gasteiger partial charge in [0.05, 0.1) is 6.61 Å². The second-order valence-corrected chi connectivity index (χ2v) is 2.99. The topological polar surface area (TPSA) is 161 Å². The summed E-state index contributed by atoms with van der Waals surface area (Å²) in [5.74, 6) is -0.963. The van der Waals surface area contributed by atoms with E-state index in [1.54, 1.807) is 0 Å². The molecule has 96 valence electrons. The Bertz CT molecular complexity index is 209. The first-order valence-corrected chi connectivity index (χ1v) is 4.36. The fraction of sp³-hybridized carbons (Fsp3) is 0.750. The second-order valence-electron chi connectivity index (χ2n) is 2.99. The van der Waals surface area contributed by atoms with Crippen molar-refractivity contribution in [3.05, 3.63) is 0 Å². The summed E-state index contributed by atoms with van der Waals surface area (Å²) in [6, 6.07) is -0.731. The zero-order valence-electron chi connectivity index (χ0n) is 8.72. The highest BCUT2D eigenvalue weighted by Crippen LogP contribution is 1.96. The number of aliphatic carboxylic acids is 1. The highest BCUT2D eigenvalue weighted by Gasteiger charge is 2.22. The maximum atomic E-state index is 9.76. The van der Waals surface area contributed by atoms with Gasteiger partial charge in [-0.15, -0.1) is 0 Å². The molecule has 16 heavy (non-hydrogen) atoms. The number of nitrogens with two attached hydrogens (primary N) is 1. The molecule has 0 saturated carbocycles. The van der Waals surface area contributed by atoms with Gasteiger partial charge >= 0.3 is 5.97 Å². The third-order valence-corrected chi connectivity index (χ3v) is 1.46. The van der Waals surface area contributed by atoms with E-state index >= 15 is 0 Å². The lowest BCUT2D eigenvalue weighted by atomic mass is 10.1. The minimum Gasteiger partial charge on any atom is -0.480 e. The first-order chi connectivity index (χ1) is 7.27. The predicted molar refractivity (Wildman–Crippen MR) is 52.5 cm³/mol. The van der Waals surface area contributed by atoms with Crippen LogP contribution >= 0.6 is 0 Å². The Hall–Kier alpha value is -1.06. The van der Waals surface area contributed by atoms with Gasteiger partial charge in [0.25, 0.3) is 0 Å². The number of carbonyl (C=O) groups is 2. The molecule has 0 rings (SSSR count). The van der Waals surface area contributed by atoms with E-state index in [1.807, 2.05) is 0 Å². The van der Waals surface area contributed by atoms with E-state index in [4.69, 9.17) is 31.3 Å². The van der Waals surface area contributed by atoms with Crippen LogP contribution in [-0.4, -0.2) is 68.7 Å². The molecule has 8 heteroatoms. The zero-order valence-corrected chi connectivity index (χ0v) is 8.72. The van der Waals surface area contributed by atoms with E-state index in [1.165, 1.54) is 6.92 Å². The van der Waals surface area contributed by atoms with Crippen LogP contribution in [-0.2, 0) is 9.59 Å². The van der Waals surface area contributed by atoms with Crippen LogP contribution in [0.5, 0.6) is 0 Å². The highest BCUT2D eigenvalue weighted by molar-refractivity contribution is 5.72. The molecule has 0 bridgehead atoms. The van der Waals surface area contributed by atoms with Crippen molar-refractivity contribution < 1.29 is 35.1 Å². The zero-order chi connectivity index (χ0) is 13.3. The molecule has 0 fully saturated rings. The molecule has 0 aromatic carbocycles. The monoisotopic (exact) mass is 239 g/mol. The van der Waals surface area contributed by atoms with Crippen LogP contribution in [0.4, 0.5) is 0 Å². The van der Waals surface area contributed by atoms with Crippen molar-refractivity contribution in [3.63, 3.8) is 0 Å². The molecule has 0 aromatic rings. The molecular weight excluding hydrogens is 222 g/mol. The molecule has 8 nitrogen and oxygen atoms in total. The third kappa shape index (κ3) is 8.26. The summed E-state index contributed by atoms with van der Waals surface area (Å²) in [6.45, 7) is 0.731. The van der Waals surface area contributed by atoms with Gasteiger partial charge in [0.1, 0.15) is 24.4 Å². The Labute approximate surface area is 91.9 Å². The molecule has 0 unspecified atom stereocenters. The molecule has 4 atom stereocenters. The van der Waals surface area contributed by atoms with Crippen molar-refractivity contribution in [3.8, 4) is 0 Å². The van der Waals surface area contributed by atoms with Gasteiger partial charge in [-0.3, -0.25) is 4.79 Å². The van der Waals surface area contributed by atoms with E-state index in [0.29, 0.717) is 0 Å². The Balaban J connectivity index is 0. The minimum absolute atomic E-state index is 0.0869. The van der Waals surface area contributed by atoms with Gasteiger partial charge in [0, 0.05) is 0 Å². The lowest BCUT2D eigenvalue weighted by Crippen LogP contribution is -2.40. The maximum absolute atomic E-state index is 9.76. The summed E-state index contributed by atoms with van der Waals surface area (Å²) < 4.78 is 0. The molecule has 0 aromatic heterocycles. The number of rotatable bonds is 5. The maximum Gasteiger partial charge on any atom is 0.320 e. The normalized spacial score (nSPS) is 17.4. The van der Waals surface area contributed by atoms with E-state index in [0.717, 1.165) is 0 Å². The lowest BCUT2D eigenvalue weighted by molar-refractivity contribution is -0.138. The molecule has 0 amide bonds. The van der Waals surface area contributed by atoms with Crippen LogP contribution in [0, 0.1) is 0 Å². The fourth-order valence-corrected chi connectivity index (χ4v) is 0.416. The number of hydrogen-bond acceptors (Lipinski definition) is 7.